The summed E-state index contributed by atoms with van der Waals surface area (Å²) in [7, 11) is 0. The highest BCUT2D eigenvalue weighted by Gasteiger charge is 2.16. The Labute approximate surface area is 143 Å². The number of rotatable bonds is 10. The molecular formula is C21H24O3. The summed E-state index contributed by atoms with van der Waals surface area (Å²) in [4.78, 5) is 24.2. The van der Waals surface area contributed by atoms with E-state index in [-0.39, 0.29) is 6.42 Å². The number of carbonyl (C=O) groups excluding carboxylic acids is 2. The third kappa shape index (κ3) is 5.65. The van der Waals surface area contributed by atoms with Crippen molar-refractivity contribution < 1.29 is 14.3 Å². The van der Waals surface area contributed by atoms with Crippen molar-refractivity contribution in [3.63, 3.8) is 0 Å². The summed E-state index contributed by atoms with van der Waals surface area (Å²) in [6.07, 6.45) is 4.80. The summed E-state index contributed by atoms with van der Waals surface area (Å²) in [5.74, 6) is -0.0293. The first-order valence-electron chi connectivity index (χ1n) is 8.55. The van der Waals surface area contributed by atoms with Crippen LogP contribution < -0.4 is 4.74 Å². The molecule has 0 aliphatic carbocycles. The van der Waals surface area contributed by atoms with Crippen molar-refractivity contribution in [2.45, 2.75) is 39.0 Å². The zero-order valence-corrected chi connectivity index (χ0v) is 14.2. The van der Waals surface area contributed by atoms with E-state index < -0.39 is 11.6 Å². The molecule has 3 heteroatoms. The summed E-state index contributed by atoms with van der Waals surface area (Å²) < 4.78 is 5.68. The van der Waals surface area contributed by atoms with Gasteiger partial charge >= 0.3 is 0 Å². The van der Waals surface area contributed by atoms with E-state index in [4.69, 9.17) is 4.74 Å². The molecule has 0 heterocycles. The van der Waals surface area contributed by atoms with E-state index in [0.717, 1.165) is 17.7 Å². The lowest BCUT2D eigenvalue weighted by atomic mass is 10.0. The third-order valence-electron chi connectivity index (χ3n) is 3.84. The van der Waals surface area contributed by atoms with Gasteiger partial charge in [0.05, 0.1) is 6.61 Å². The van der Waals surface area contributed by atoms with Gasteiger partial charge in [-0.05, 0) is 24.1 Å². The Morgan fingerprint density at radius 2 is 1.58 bits per heavy atom. The SMILES string of the molecule is CCCCCCOc1ccc(CC(=O)C(=O)c2ccccc2)cc1. The maximum Gasteiger partial charge on any atom is 0.228 e. The number of unbranched alkanes of at least 4 members (excludes halogenated alkanes) is 3. The second-order valence-corrected chi connectivity index (χ2v) is 5.85. The normalized spacial score (nSPS) is 10.4. The average Bonchev–Trinajstić information content (AvgIpc) is 2.63. The molecule has 2 rings (SSSR count). The first-order chi connectivity index (χ1) is 11.7. The number of hydrogen-bond acceptors (Lipinski definition) is 3. The van der Waals surface area contributed by atoms with E-state index in [1.807, 2.05) is 30.3 Å². The fraction of sp³-hybridized carbons (Fsp3) is 0.333. The van der Waals surface area contributed by atoms with Crippen LogP contribution in [-0.4, -0.2) is 18.2 Å². The smallest absolute Gasteiger partial charge is 0.228 e. The van der Waals surface area contributed by atoms with E-state index >= 15 is 0 Å². The number of Topliss-reactive ketones (excluding diaryl/α,β-unsaturated/α-hetero) is 2. The number of ether oxygens (including phenoxy) is 1. The van der Waals surface area contributed by atoms with Gasteiger partial charge in [-0.3, -0.25) is 9.59 Å². The largest absolute Gasteiger partial charge is 0.494 e. The van der Waals surface area contributed by atoms with Crippen LogP contribution in [0.25, 0.3) is 0 Å². The molecule has 0 bridgehead atoms. The molecule has 0 fully saturated rings. The van der Waals surface area contributed by atoms with Gasteiger partial charge in [0.2, 0.25) is 11.6 Å². The van der Waals surface area contributed by atoms with Crippen LogP contribution in [-0.2, 0) is 11.2 Å². The first kappa shape index (κ1) is 17.9. The van der Waals surface area contributed by atoms with Crippen molar-refractivity contribution in [3.05, 3.63) is 65.7 Å². The Morgan fingerprint density at radius 3 is 2.25 bits per heavy atom. The maximum atomic E-state index is 12.1. The molecule has 126 valence electrons. The van der Waals surface area contributed by atoms with Crippen LogP contribution >= 0.6 is 0 Å². The van der Waals surface area contributed by atoms with Gasteiger partial charge in [0.25, 0.3) is 0 Å². The number of ketones is 2. The molecule has 0 spiro atoms. The maximum absolute atomic E-state index is 12.1. The topological polar surface area (TPSA) is 43.4 Å². The molecule has 0 N–H and O–H groups in total. The predicted molar refractivity (Wildman–Crippen MR) is 95.6 cm³/mol. The quantitative estimate of drug-likeness (QED) is 0.363. The number of hydrogen-bond donors (Lipinski definition) is 0. The second-order valence-electron chi connectivity index (χ2n) is 5.85. The molecule has 0 unspecified atom stereocenters. The highest BCUT2D eigenvalue weighted by Crippen LogP contribution is 2.14. The van der Waals surface area contributed by atoms with Crippen LogP contribution in [0.5, 0.6) is 5.75 Å². The molecule has 0 aliphatic rings. The zero-order valence-electron chi connectivity index (χ0n) is 14.2. The molecule has 3 nitrogen and oxygen atoms in total. The van der Waals surface area contributed by atoms with Crippen LogP contribution in [0, 0.1) is 0 Å². The van der Waals surface area contributed by atoms with Gasteiger partial charge in [0, 0.05) is 12.0 Å². The Bertz CT molecular complexity index is 645. The van der Waals surface area contributed by atoms with E-state index in [9.17, 15) is 9.59 Å². The minimum absolute atomic E-state index is 0.116. The van der Waals surface area contributed by atoms with Crippen molar-refractivity contribution in [2.75, 3.05) is 6.61 Å². The Morgan fingerprint density at radius 1 is 0.875 bits per heavy atom. The van der Waals surface area contributed by atoms with Crippen molar-refractivity contribution in [1.29, 1.82) is 0 Å². The van der Waals surface area contributed by atoms with Gasteiger partial charge in [-0.15, -0.1) is 0 Å². The highest BCUT2D eigenvalue weighted by molar-refractivity contribution is 6.44. The summed E-state index contributed by atoms with van der Waals surface area (Å²) in [5, 5.41) is 0. The van der Waals surface area contributed by atoms with Crippen LogP contribution in [0.3, 0.4) is 0 Å². The molecule has 0 atom stereocenters. The van der Waals surface area contributed by atoms with Crippen LogP contribution in [0.2, 0.25) is 0 Å². The molecule has 0 saturated carbocycles. The van der Waals surface area contributed by atoms with Crippen molar-refractivity contribution in [1.82, 2.24) is 0 Å². The molecule has 0 amide bonds. The van der Waals surface area contributed by atoms with E-state index in [0.29, 0.717) is 12.2 Å². The lowest BCUT2D eigenvalue weighted by Gasteiger charge is -2.07. The number of benzene rings is 2. The molecule has 2 aromatic carbocycles. The van der Waals surface area contributed by atoms with Crippen LogP contribution in [0.15, 0.2) is 54.6 Å². The zero-order chi connectivity index (χ0) is 17.2. The Hall–Kier alpha value is -2.42. The summed E-state index contributed by atoms with van der Waals surface area (Å²) in [5.41, 5.74) is 1.26. The molecule has 2 aromatic rings. The van der Waals surface area contributed by atoms with Crippen LogP contribution in [0.4, 0.5) is 0 Å². The van der Waals surface area contributed by atoms with Gasteiger partial charge in [-0.1, -0.05) is 68.7 Å². The Balaban J connectivity index is 1.83. The average molecular weight is 324 g/mol. The van der Waals surface area contributed by atoms with E-state index in [1.54, 1.807) is 24.3 Å². The first-order valence-corrected chi connectivity index (χ1v) is 8.55. The molecular weight excluding hydrogens is 300 g/mol. The molecule has 0 aliphatic heterocycles. The lowest BCUT2D eigenvalue weighted by Crippen LogP contribution is -2.16. The monoisotopic (exact) mass is 324 g/mol. The van der Waals surface area contributed by atoms with Gasteiger partial charge in [0.1, 0.15) is 5.75 Å². The molecule has 0 aromatic heterocycles. The fourth-order valence-corrected chi connectivity index (χ4v) is 2.44. The van der Waals surface area contributed by atoms with E-state index in [2.05, 4.69) is 6.92 Å². The minimum Gasteiger partial charge on any atom is -0.494 e. The predicted octanol–water partition coefficient (Wildman–Crippen LogP) is 4.64. The van der Waals surface area contributed by atoms with E-state index in [1.165, 1.54) is 19.3 Å². The van der Waals surface area contributed by atoms with Crippen molar-refractivity contribution in [3.8, 4) is 5.75 Å². The second kappa shape index (κ2) is 9.66. The lowest BCUT2D eigenvalue weighted by molar-refractivity contribution is -0.114. The van der Waals surface area contributed by atoms with Gasteiger partial charge < -0.3 is 4.74 Å². The Kier molecular flexibility index (Phi) is 7.21. The summed E-state index contributed by atoms with van der Waals surface area (Å²) >= 11 is 0. The molecule has 0 radical (unpaired) electrons. The van der Waals surface area contributed by atoms with Gasteiger partial charge in [-0.2, -0.15) is 0 Å². The standard InChI is InChI=1S/C21H24O3/c1-2-3-4-8-15-24-19-13-11-17(12-14-19)16-20(22)21(23)18-9-6-5-7-10-18/h5-7,9-14H,2-4,8,15-16H2,1H3. The third-order valence-corrected chi connectivity index (χ3v) is 3.84. The molecule has 0 saturated heterocycles. The fourth-order valence-electron chi connectivity index (χ4n) is 2.44. The summed E-state index contributed by atoms with van der Waals surface area (Å²) in [6, 6.07) is 16.1. The highest BCUT2D eigenvalue weighted by atomic mass is 16.5. The van der Waals surface area contributed by atoms with Gasteiger partial charge in [0.15, 0.2) is 0 Å². The van der Waals surface area contributed by atoms with Gasteiger partial charge in [-0.25, -0.2) is 0 Å². The molecule has 24 heavy (non-hydrogen) atoms. The van der Waals surface area contributed by atoms with Crippen molar-refractivity contribution >= 4 is 11.6 Å². The van der Waals surface area contributed by atoms with Crippen LogP contribution in [0.1, 0.15) is 48.5 Å². The minimum atomic E-state index is -0.438. The summed E-state index contributed by atoms with van der Waals surface area (Å²) in [6.45, 7) is 2.90. The van der Waals surface area contributed by atoms with Crippen molar-refractivity contribution in [2.24, 2.45) is 0 Å². The number of carbonyl (C=O) groups is 2.